The molecule has 0 radical (unpaired) electrons. The summed E-state index contributed by atoms with van der Waals surface area (Å²) in [6.07, 6.45) is 50.0. The van der Waals surface area contributed by atoms with E-state index in [0.29, 0.717) is 44.9 Å². The van der Waals surface area contributed by atoms with Crippen LogP contribution in [0, 0.1) is 0 Å². The normalized spacial score (nSPS) is 17.1. The van der Waals surface area contributed by atoms with E-state index in [1.165, 1.54) is 141 Å². The standard InChI is InChI=1S/C94H177N2O19P/c1-7-13-19-25-31-37-40-46-52-58-64-70-87(102)110-80(67-61-55-49-43-34-28-22-16-10-4)75-84(98)95-94(73-74-96(78-86(100)101)85(99)76-81(68-62-56-50-44-35-29-23-17-11-5)111-88(103)71-65-59-53-47-41-38-32-26-20-14-8-2)92(91(115-116(107,108)109)83(79-97)113-93(94)106)114-90(105)77-82(69-63-57-51-45-36-30-24-18-12-6)112-89(104)72-66-60-54-48-42-39-33-27-21-15-9-3/h80-83,91-93,97,106H,7-79H2,1-6H3,(H,95,98)(H,100,101)(H2,107,108,109)/t80-,81-,82-,83-,91-,92+,93?,94?/m1/s1. The maximum Gasteiger partial charge on any atom is 0.470 e. The molecule has 8 atom stereocenters. The summed E-state index contributed by atoms with van der Waals surface area (Å²) < 4.78 is 49.6. The number of hydrogen-bond acceptors (Lipinski definition) is 16. The summed E-state index contributed by atoms with van der Waals surface area (Å²) in [7, 11) is -5.70. The molecule has 1 saturated heterocycles. The molecule has 1 heterocycles. The van der Waals surface area contributed by atoms with E-state index in [4.69, 9.17) is 28.2 Å². The first-order valence-electron chi connectivity index (χ1n) is 48.5. The molecule has 6 N–H and O–H groups in total. The molecule has 116 heavy (non-hydrogen) atoms. The summed E-state index contributed by atoms with van der Waals surface area (Å²) in [5, 5.41) is 37.2. The van der Waals surface area contributed by atoms with E-state index in [2.05, 4.69) is 46.9 Å². The van der Waals surface area contributed by atoms with Crippen molar-refractivity contribution in [1.29, 1.82) is 0 Å². The number of carbonyl (C=O) groups excluding carboxylic acids is 6. The lowest BCUT2D eigenvalue weighted by Gasteiger charge is -2.52. The molecule has 22 heteroatoms. The third-order valence-corrected chi connectivity index (χ3v) is 23.9. The van der Waals surface area contributed by atoms with E-state index in [0.717, 1.165) is 210 Å². The van der Waals surface area contributed by atoms with Crippen LogP contribution in [0.25, 0.3) is 0 Å². The minimum atomic E-state index is -5.70. The van der Waals surface area contributed by atoms with Crippen LogP contribution in [0.2, 0.25) is 0 Å². The van der Waals surface area contributed by atoms with Gasteiger partial charge in [0.1, 0.15) is 42.6 Å². The number of phosphoric ester groups is 1. The van der Waals surface area contributed by atoms with Crippen LogP contribution < -0.4 is 5.32 Å². The van der Waals surface area contributed by atoms with Crippen molar-refractivity contribution < 1.29 is 91.4 Å². The first-order chi connectivity index (χ1) is 56.2. The van der Waals surface area contributed by atoms with Gasteiger partial charge in [0, 0.05) is 25.8 Å². The molecule has 21 nitrogen and oxygen atoms in total. The lowest BCUT2D eigenvalue weighted by molar-refractivity contribution is -0.286. The van der Waals surface area contributed by atoms with Crippen molar-refractivity contribution in [1.82, 2.24) is 10.2 Å². The van der Waals surface area contributed by atoms with Gasteiger partial charge in [0.15, 0.2) is 12.4 Å². The summed E-state index contributed by atoms with van der Waals surface area (Å²) in [5.41, 5.74) is -2.60. The minimum absolute atomic E-state index is 0.0974. The van der Waals surface area contributed by atoms with Crippen molar-refractivity contribution in [2.45, 2.75) is 539 Å². The van der Waals surface area contributed by atoms with E-state index in [1.54, 1.807) is 0 Å². The summed E-state index contributed by atoms with van der Waals surface area (Å²) in [6.45, 7) is 10.5. The molecule has 0 aliphatic carbocycles. The maximum absolute atomic E-state index is 15.4. The molecule has 2 unspecified atom stereocenters. The van der Waals surface area contributed by atoms with E-state index in [9.17, 15) is 48.8 Å². The second-order valence-electron chi connectivity index (χ2n) is 34.4. The third kappa shape index (κ3) is 61.5. The van der Waals surface area contributed by atoms with Crippen molar-refractivity contribution in [2.75, 3.05) is 19.7 Å². The van der Waals surface area contributed by atoms with Gasteiger partial charge in [-0.25, -0.2) is 4.57 Å². The predicted molar refractivity (Wildman–Crippen MR) is 467 cm³/mol. The highest BCUT2D eigenvalue weighted by Gasteiger charge is 2.61. The number of carboxylic acids is 1. The number of aliphatic carboxylic acids is 1. The zero-order chi connectivity index (χ0) is 85.2. The van der Waals surface area contributed by atoms with Gasteiger partial charge in [-0.1, -0.05) is 388 Å². The van der Waals surface area contributed by atoms with Crippen LogP contribution in [0.5, 0.6) is 0 Å². The number of nitrogens with one attached hydrogen (secondary N) is 1. The Balaban J connectivity index is 4.08. The summed E-state index contributed by atoms with van der Waals surface area (Å²) >= 11 is 0. The van der Waals surface area contributed by atoms with E-state index in [1.807, 2.05) is 0 Å². The minimum Gasteiger partial charge on any atom is -0.480 e. The molecular weight excluding hydrogens is 1490 g/mol. The Morgan fingerprint density at radius 2 is 0.672 bits per heavy atom. The Labute approximate surface area is 706 Å². The molecule has 1 aliphatic rings. The number of aliphatic hydroxyl groups excluding tert-OH is 2. The fourth-order valence-corrected chi connectivity index (χ4v) is 16.8. The molecule has 0 spiro atoms. The third-order valence-electron chi connectivity index (χ3n) is 23.4. The SMILES string of the molecule is CCCCCCCCCCCCCC(=O)O[C@H](CCCCCCCCCCC)CC(=O)NC1(CCN(CC(=O)O)C(=O)C[C@@H](CCCCCCCCCCC)OC(=O)CCCCCCCCCCCCC)C(O)O[C@H](CO)[C@@H](OP(=O)(O)O)[C@@H]1OC(=O)C[C@@H](CCCCCCCCCCC)OC(=O)CCCCCCCCCCCCC. The summed E-state index contributed by atoms with van der Waals surface area (Å²) in [5.74, 6) is -5.73. The molecule has 2 amide bonds. The Kier molecular flexibility index (Phi) is 72.4. The van der Waals surface area contributed by atoms with Gasteiger partial charge >= 0.3 is 37.7 Å². The van der Waals surface area contributed by atoms with Crippen LogP contribution in [0.1, 0.15) is 491 Å². The fourth-order valence-electron chi connectivity index (χ4n) is 16.2. The van der Waals surface area contributed by atoms with E-state index >= 15 is 14.4 Å². The average Bonchev–Trinajstić information content (AvgIpc) is 0.744. The predicted octanol–water partition coefficient (Wildman–Crippen LogP) is 24.0. The van der Waals surface area contributed by atoms with Gasteiger partial charge in [0.2, 0.25) is 11.8 Å². The number of esters is 4. The zero-order valence-corrected chi connectivity index (χ0v) is 75.9. The molecule has 682 valence electrons. The Morgan fingerprint density at radius 3 is 0.957 bits per heavy atom. The van der Waals surface area contributed by atoms with Crippen LogP contribution in [0.4, 0.5) is 0 Å². The molecule has 0 aromatic carbocycles. The number of unbranched alkanes of at least 4 members (excludes halogenated alkanes) is 54. The highest BCUT2D eigenvalue weighted by molar-refractivity contribution is 7.46. The fraction of sp³-hybridized carbons (Fsp3) is 0.926. The Morgan fingerprint density at radius 1 is 0.397 bits per heavy atom. The number of carbonyl (C=O) groups is 7. The van der Waals surface area contributed by atoms with Crippen LogP contribution in [-0.2, 0) is 66.3 Å². The van der Waals surface area contributed by atoms with E-state index in [-0.39, 0.29) is 32.1 Å². The highest BCUT2D eigenvalue weighted by Crippen LogP contribution is 2.45. The number of nitrogens with zero attached hydrogens (tertiary/aromatic N) is 1. The topological polar surface area (TPSA) is 308 Å². The molecule has 0 aromatic rings. The number of carboxylic acid groups (broad SMARTS) is 1. The number of phosphoric acid groups is 1. The molecule has 0 aromatic heterocycles. The number of amides is 2. The number of rotatable bonds is 85. The molecule has 1 fully saturated rings. The monoisotopic (exact) mass is 1670 g/mol. The number of aliphatic hydroxyl groups is 2. The molecule has 1 aliphatic heterocycles. The largest absolute Gasteiger partial charge is 0.480 e. The summed E-state index contributed by atoms with van der Waals surface area (Å²) in [4.78, 5) is 123. The summed E-state index contributed by atoms with van der Waals surface area (Å²) in [6, 6.07) is 0. The van der Waals surface area contributed by atoms with Gasteiger partial charge in [-0.2, -0.15) is 0 Å². The lowest BCUT2D eigenvalue weighted by atomic mass is 9.79. The second kappa shape index (κ2) is 76.2. The molecule has 0 bridgehead atoms. The van der Waals surface area contributed by atoms with Crippen LogP contribution >= 0.6 is 7.82 Å². The van der Waals surface area contributed by atoms with Crippen LogP contribution in [0.15, 0.2) is 0 Å². The number of ether oxygens (including phenoxy) is 5. The molecular formula is C94H177N2O19P. The van der Waals surface area contributed by atoms with E-state index < -0.39 is 143 Å². The Hall–Kier alpha value is -3.72. The quantitative estimate of drug-likeness (QED) is 0.0143. The van der Waals surface area contributed by atoms with Gasteiger partial charge in [0.05, 0.1) is 25.9 Å². The van der Waals surface area contributed by atoms with Crippen LogP contribution in [-0.4, -0.2) is 140 Å². The van der Waals surface area contributed by atoms with Crippen LogP contribution in [0.3, 0.4) is 0 Å². The molecule has 1 rings (SSSR count). The van der Waals surface area contributed by atoms with Gasteiger partial charge in [-0.05, 0) is 64.2 Å². The maximum atomic E-state index is 15.4. The Bertz CT molecular complexity index is 2430. The van der Waals surface area contributed by atoms with Crippen molar-refractivity contribution in [3.63, 3.8) is 0 Å². The number of hydrogen-bond donors (Lipinski definition) is 6. The second-order valence-corrected chi connectivity index (χ2v) is 35.6. The van der Waals surface area contributed by atoms with Crippen molar-refractivity contribution in [2.24, 2.45) is 0 Å². The van der Waals surface area contributed by atoms with Crippen molar-refractivity contribution in [3.05, 3.63) is 0 Å². The zero-order valence-electron chi connectivity index (χ0n) is 75.0. The van der Waals surface area contributed by atoms with Gasteiger partial charge in [-0.15, -0.1) is 0 Å². The lowest BCUT2D eigenvalue weighted by Crippen LogP contribution is -2.75. The van der Waals surface area contributed by atoms with Crippen molar-refractivity contribution in [3.8, 4) is 0 Å². The van der Waals surface area contributed by atoms with Gasteiger partial charge < -0.3 is 59.0 Å². The smallest absolute Gasteiger partial charge is 0.470 e. The highest BCUT2D eigenvalue weighted by atomic mass is 31.2. The van der Waals surface area contributed by atoms with Gasteiger partial charge in [0.25, 0.3) is 0 Å². The van der Waals surface area contributed by atoms with Crippen molar-refractivity contribution >= 4 is 49.5 Å². The first-order valence-corrected chi connectivity index (χ1v) is 50.0. The average molecular weight is 1670 g/mol. The molecule has 0 saturated carbocycles. The first kappa shape index (κ1) is 110. The van der Waals surface area contributed by atoms with Gasteiger partial charge in [-0.3, -0.25) is 38.1 Å².